The van der Waals surface area contributed by atoms with Crippen LogP contribution in [0.3, 0.4) is 0 Å². The van der Waals surface area contributed by atoms with E-state index in [-0.39, 0.29) is 12.7 Å². The summed E-state index contributed by atoms with van der Waals surface area (Å²) in [6, 6.07) is 20.6. The van der Waals surface area contributed by atoms with Crippen LogP contribution in [0.25, 0.3) is 0 Å². The lowest BCUT2D eigenvalue weighted by Crippen LogP contribution is -2.13. The largest absolute Gasteiger partial charge is 0.487 e. The maximum atomic E-state index is 10.7. The minimum Gasteiger partial charge on any atom is -0.487 e. The summed E-state index contributed by atoms with van der Waals surface area (Å²) in [5.41, 5.74) is 0.907. The molecule has 5 nitrogen and oxygen atoms in total. The van der Waals surface area contributed by atoms with Gasteiger partial charge in [0.25, 0.3) is 0 Å². The molecule has 3 aromatic carbocycles. The van der Waals surface area contributed by atoms with Crippen molar-refractivity contribution < 1.29 is 24.1 Å². The number of aryl methyl sites for hydroxylation is 1. The first-order chi connectivity index (χ1) is 15.4. The van der Waals surface area contributed by atoms with Crippen molar-refractivity contribution in [3.05, 3.63) is 77.3 Å². The van der Waals surface area contributed by atoms with Crippen LogP contribution in [0.1, 0.15) is 18.9 Å². The van der Waals surface area contributed by atoms with E-state index in [4.69, 9.17) is 30.9 Å². The van der Waals surface area contributed by atoms with Crippen molar-refractivity contribution >= 4 is 29.3 Å². The van der Waals surface area contributed by atoms with Crippen LogP contribution in [0.2, 0.25) is 5.02 Å². The van der Waals surface area contributed by atoms with Gasteiger partial charge in [-0.05, 0) is 68.3 Å². The maximum absolute atomic E-state index is 10.7. The molecule has 1 atom stereocenters. The van der Waals surface area contributed by atoms with E-state index in [1.807, 2.05) is 62.4 Å². The molecule has 32 heavy (non-hydrogen) atoms. The molecule has 168 valence electrons. The van der Waals surface area contributed by atoms with Gasteiger partial charge in [-0.25, -0.2) is 4.79 Å². The Morgan fingerprint density at radius 3 is 2.50 bits per heavy atom. The molecule has 3 rings (SSSR count). The fourth-order valence-corrected chi connectivity index (χ4v) is 4.18. The number of hydrogen-bond acceptors (Lipinski definition) is 5. The Balaban J connectivity index is 1.53. The van der Waals surface area contributed by atoms with Gasteiger partial charge < -0.3 is 19.3 Å². The minimum atomic E-state index is -0.991. The highest BCUT2D eigenvalue weighted by molar-refractivity contribution is 7.99. The van der Waals surface area contributed by atoms with Crippen molar-refractivity contribution in [3.63, 3.8) is 0 Å². The molecule has 0 aromatic heterocycles. The van der Waals surface area contributed by atoms with Crippen molar-refractivity contribution in [2.75, 3.05) is 12.4 Å². The quantitative estimate of drug-likeness (QED) is 0.308. The highest BCUT2D eigenvalue weighted by atomic mass is 35.5. The summed E-state index contributed by atoms with van der Waals surface area (Å²) in [5, 5.41) is 9.32. The number of aliphatic carboxylic acids is 1. The molecule has 0 bridgehead atoms. The number of hydrogen-bond donors (Lipinski definition) is 1. The van der Waals surface area contributed by atoms with Gasteiger partial charge in [-0.1, -0.05) is 29.8 Å². The van der Waals surface area contributed by atoms with Gasteiger partial charge in [-0.3, -0.25) is 0 Å². The van der Waals surface area contributed by atoms with Gasteiger partial charge in [0.1, 0.15) is 11.5 Å². The summed E-state index contributed by atoms with van der Waals surface area (Å²) in [6.07, 6.45) is 0.801. The number of halogens is 1. The Labute approximate surface area is 197 Å². The predicted octanol–water partition coefficient (Wildman–Crippen LogP) is 6.85. The fraction of sp³-hybridized carbons (Fsp3) is 0.240. The molecule has 0 spiro atoms. The second-order valence-electron chi connectivity index (χ2n) is 7.18. The minimum absolute atomic E-state index is 0.0268. The van der Waals surface area contributed by atoms with E-state index >= 15 is 0 Å². The molecule has 0 aliphatic carbocycles. The Morgan fingerprint density at radius 2 is 1.78 bits per heavy atom. The van der Waals surface area contributed by atoms with E-state index in [9.17, 15) is 4.79 Å². The van der Waals surface area contributed by atoms with Crippen LogP contribution in [0, 0.1) is 6.92 Å². The molecule has 0 saturated heterocycles. The number of benzene rings is 3. The van der Waals surface area contributed by atoms with Gasteiger partial charge in [0.2, 0.25) is 0 Å². The van der Waals surface area contributed by atoms with Gasteiger partial charge in [-0.2, -0.15) is 0 Å². The zero-order valence-electron chi connectivity index (χ0n) is 17.9. The second-order valence-corrected chi connectivity index (χ2v) is 8.79. The van der Waals surface area contributed by atoms with Gasteiger partial charge in [0, 0.05) is 21.7 Å². The molecule has 0 fully saturated rings. The van der Waals surface area contributed by atoms with Crippen LogP contribution < -0.4 is 14.2 Å². The van der Waals surface area contributed by atoms with E-state index in [2.05, 4.69) is 0 Å². The van der Waals surface area contributed by atoms with Crippen LogP contribution in [0.15, 0.2) is 71.6 Å². The van der Waals surface area contributed by atoms with Crippen LogP contribution in [-0.2, 0) is 4.79 Å². The van der Waals surface area contributed by atoms with Gasteiger partial charge >= 0.3 is 5.97 Å². The Morgan fingerprint density at radius 1 is 1.03 bits per heavy atom. The standard InChI is InChI=1S/C25H25ClO5S/c1-17-14-21(9-11-22(17)29-16-25(27)28)32-13-12-18(2)30-23-10-8-19(26)15-24(23)31-20-6-4-3-5-7-20/h3-11,14-15,18H,12-13,16H2,1-2H3,(H,27,28). The molecule has 0 saturated carbocycles. The van der Waals surface area contributed by atoms with Crippen LogP contribution in [-0.4, -0.2) is 29.5 Å². The van der Waals surface area contributed by atoms with Crippen molar-refractivity contribution in [2.45, 2.75) is 31.3 Å². The molecule has 1 unspecified atom stereocenters. The predicted molar refractivity (Wildman–Crippen MR) is 128 cm³/mol. The maximum Gasteiger partial charge on any atom is 0.341 e. The zero-order chi connectivity index (χ0) is 22.9. The van der Waals surface area contributed by atoms with E-state index in [1.54, 1.807) is 30.0 Å². The summed E-state index contributed by atoms with van der Waals surface area (Å²) in [4.78, 5) is 11.8. The van der Waals surface area contributed by atoms with Gasteiger partial charge in [-0.15, -0.1) is 11.8 Å². The SMILES string of the molecule is Cc1cc(SCCC(C)Oc2ccc(Cl)cc2Oc2ccccc2)ccc1OCC(=O)O. The summed E-state index contributed by atoms with van der Waals surface area (Å²) >= 11 is 7.86. The molecule has 0 aliphatic heterocycles. The first-order valence-corrected chi connectivity index (χ1v) is 11.5. The molecular formula is C25H25ClO5S. The average Bonchev–Trinajstić information content (AvgIpc) is 2.76. The third kappa shape index (κ3) is 7.39. The summed E-state index contributed by atoms with van der Waals surface area (Å²) in [5.74, 6) is 2.39. The van der Waals surface area contributed by atoms with Crippen molar-refractivity contribution in [1.82, 2.24) is 0 Å². The Kier molecular flexibility index (Phi) is 8.71. The molecule has 0 amide bonds. The Bertz CT molecular complexity index is 1040. The van der Waals surface area contributed by atoms with Crippen LogP contribution >= 0.6 is 23.4 Å². The average molecular weight is 473 g/mol. The van der Waals surface area contributed by atoms with E-state index < -0.39 is 5.97 Å². The second kappa shape index (κ2) is 11.7. The third-order valence-corrected chi connectivity index (χ3v) is 5.76. The van der Waals surface area contributed by atoms with Crippen molar-refractivity contribution in [3.8, 4) is 23.0 Å². The molecule has 0 heterocycles. The number of ether oxygens (including phenoxy) is 3. The molecule has 1 N–H and O–H groups in total. The van der Waals surface area contributed by atoms with E-state index in [0.29, 0.717) is 28.0 Å². The lowest BCUT2D eigenvalue weighted by Gasteiger charge is -2.18. The normalized spacial score (nSPS) is 11.6. The molecule has 0 radical (unpaired) electrons. The fourth-order valence-electron chi connectivity index (χ4n) is 2.91. The number of rotatable bonds is 11. The lowest BCUT2D eigenvalue weighted by atomic mass is 10.2. The molecule has 3 aromatic rings. The smallest absolute Gasteiger partial charge is 0.341 e. The van der Waals surface area contributed by atoms with Crippen molar-refractivity contribution in [1.29, 1.82) is 0 Å². The van der Waals surface area contributed by atoms with E-state index in [0.717, 1.165) is 22.6 Å². The third-order valence-electron chi connectivity index (χ3n) is 4.50. The number of carboxylic acids is 1. The Hall–Kier alpha value is -2.83. The first kappa shape index (κ1) is 23.8. The van der Waals surface area contributed by atoms with Crippen LogP contribution in [0.4, 0.5) is 0 Å². The van der Waals surface area contributed by atoms with Crippen LogP contribution in [0.5, 0.6) is 23.0 Å². The number of para-hydroxylation sites is 1. The number of carboxylic acid groups (broad SMARTS) is 1. The lowest BCUT2D eigenvalue weighted by molar-refractivity contribution is -0.139. The molecule has 0 aliphatic rings. The molecular weight excluding hydrogens is 448 g/mol. The highest BCUT2D eigenvalue weighted by Crippen LogP contribution is 2.35. The number of carbonyl (C=O) groups is 1. The highest BCUT2D eigenvalue weighted by Gasteiger charge is 2.12. The molecule has 7 heteroatoms. The topological polar surface area (TPSA) is 65.0 Å². The van der Waals surface area contributed by atoms with Gasteiger partial charge in [0.05, 0.1) is 6.10 Å². The van der Waals surface area contributed by atoms with E-state index in [1.165, 1.54) is 0 Å². The zero-order valence-corrected chi connectivity index (χ0v) is 19.5. The number of thioether (sulfide) groups is 1. The monoisotopic (exact) mass is 472 g/mol. The summed E-state index contributed by atoms with van der Waals surface area (Å²) < 4.78 is 17.4. The van der Waals surface area contributed by atoms with Crippen molar-refractivity contribution in [2.24, 2.45) is 0 Å². The summed E-state index contributed by atoms with van der Waals surface area (Å²) in [6.45, 7) is 3.58. The summed E-state index contributed by atoms with van der Waals surface area (Å²) in [7, 11) is 0. The van der Waals surface area contributed by atoms with Gasteiger partial charge in [0.15, 0.2) is 18.1 Å². The first-order valence-electron chi connectivity index (χ1n) is 10.2.